The van der Waals surface area contributed by atoms with Crippen molar-refractivity contribution in [2.75, 3.05) is 78.7 Å². The monoisotopic (exact) mass is 446 g/mol. The van der Waals surface area contributed by atoms with Crippen LogP contribution in [0.3, 0.4) is 0 Å². The minimum atomic E-state index is -0.225. The molecule has 0 bridgehead atoms. The van der Waals surface area contributed by atoms with E-state index in [4.69, 9.17) is 14.2 Å². The van der Waals surface area contributed by atoms with Gasteiger partial charge in [-0.15, -0.1) is 0 Å². The molecule has 0 aromatic rings. The van der Waals surface area contributed by atoms with E-state index in [0.29, 0.717) is 58.7 Å². The topological polar surface area (TPSA) is 118 Å². The van der Waals surface area contributed by atoms with Gasteiger partial charge in [-0.3, -0.25) is 14.4 Å². The fourth-order valence-electron chi connectivity index (χ4n) is 2.69. The average Bonchev–Trinajstić information content (AvgIpc) is 2.73. The van der Waals surface area contributed by atoms with Crippen LogP contribution in [0, 0.1) is 0 Å². The third kappa shape index (κ3) is 19.9. The van der Waals surface area contributed by atoms with Gasteiger partial charge in [0.2, 0.25) is 0 Å². The van der Waals surface area contributed by atoms with Crippen LogP contribution in [0.2, 0.25) is 0 Å². The van der Waals surface area contributed by atoms with Crippen molar-refractivity contribution in [1.82, 2.24) is 20.9 Å². The largest absolute Gasteiger partial charge is 0.466 e. The van der Waals surface area contributed by atoms with Gasteiger partial charge in [-0.2, -0.15) is 0 Å². The number of carbonyl (C=O) groups is 3. The summed E-state index contributed by atoms with van der Waals surface area (Å²) in [5.41, 5.74) is 0. The van der Waals surface area contributed by atoms with E-state index in [2.05, 4.69) is 20.9 Å². The molecule has 10 heteroatoms. The first kappa shape index (κ1) is 29.2. The first-order valence-electron chi connectivity index (χ1n) is 11.3. The van der Waals surface area contributed by atoms with Crippen molar-refractivity contribution in [2.45, 2.75) is 40.0 Å². The van der Waals surface area contributed by atoms with Gasteiger partial charge in [0.05, 0.1) is 39.1 Å². The van der Waals surface area contributed by atoms with Crippen LogP contribution in [0.4, 0.5) is 0 Å². The van der Waals surface area contributed by atoms with E-state index in [-0.39, 0.29) is 17.9 Å². The van der Waals surface area contributed by atoms with Crippen LogP contribution in [-0.2, 0) is 28.6 Å². The van der Waals surface area contributed by atoms with E-state index in [1.54, 1.807) is 20.8 Å². The van der Waals surface area contributed by atoms with Gasteiger partial charge < -0.3 is 35.1 Å². The molecule has 0 aliphatic heterocycles. The van der Waals surface area contributed by atoms with Crippen LogP contribution in [0.5, 0.6) is 0 Å². The average molecular weight is 447 g/mol. The van der Waals surface area contributed by atoms with Gasteiger partial charge in [0.15, 0.2) is 0 Å². The van der Waals surface area contributed by atoms with Crippen molar-refractivity contribution in [2.24, 2.45) is 0 Å². The van der Waals surface area contributed by atoms with E-state index in [0.717, 1.165) is 39.3 Å². The third-order valence-electron chi connectivity index (χ3n) is 4.25. The highest BCUT2D eigenvalue weighted by molar-refractivity contribution is 5.70. The standard InChI is InChI=1S/C21H42N4O6/c1-4-29-19(26)7-10-22-11-12-23-13-14-24-15-18-25(16-8-20(27)30-5-2)17-9-21(28)31-6-3/h22-24H,4-18H2,1-3H3. The number of hydrogen-bond donors (Lipinski definition) is 3. The summed E-state index contributed by atoms with van der Waals surface area (Å²) in [6.45, 7) is 13.0. The van der Waals surface area contributed by atoms with E-state index in [9.17, 15) is 14.4 Å². The number of ether oxygens (including phenoxy) is 3. The summed E-state index contributed by atoms with van der Waals surface area (Å²) in [7, 11) is 0. The molecule has 0 aliphatic rings. The molecule has 0 atom stereocenters. The number of nitrogens with zero attached hydrogens (tertiary/aromatic N) is 1. The van der Waals surface area contributed by atoms with Gasteiger partial charge in [-0.1, -0.05) is 0 Å². The van der Waals surface area contributed by atoms with E-state index < -0.39 is 0 Å². The van der Waals surface area contributed by atoms with Crippen molar-refractivity contribution < 1.29 is 28.6 Å². The maximum atomic E-state index is 11.6. The fourth-order valence-corrected chi connectivity index (χ4v) is 2.69. The Morgan fingerprint density at radius 3 is 1.39 bits per heavy atom. The van der Waals surface area contributed by atoms with Crippen molar-refractivity contribution in [3.05, 3.63) is 0 Å². The molecule has 0 fully saturated rings. The molecule has 0 saturated heterocycles. The van der Waals surface area contributed by atoms with Gasteiger partial charge in [-0.25, -0.2) is 0 Å². The van der Waals surface area contributed by atoms with Crippen molar-refractivity contribution in [3.63, 3.8) is 0 Å². The summed E-state index contributed by atoms with van der Waals surface area (Å²) < 4.78 is 14.8. The molecule has 0 spiro atoms. The highest BCUT2D eigenvalue weighted by Crippen LogP contribution is 1.98. The Balaban J connectivity index is 3.83. The minimum Gasteiger partial charge on any atom is -0.466 e. The smallest absolute Gasteiger partial charge is 0.307 e. The molecule has 31 heavy (non-hydrogen) atoms. The Hall–Kier alpha value is -1.75. The maximum absolute atomic E-state index is 11.6. The zero-order chi connectivity index (χ0) is 23.2. The zero-order valence-corrected chi connectivity index (χ0v) is 19.5. The van der Waals surface area contributed by atoms with E-state index in [1.807, 2.05) is 0 Å². The SMILES string of the molecule is CCOC(=O)CCNCCNCCNCCN(CCC(=O)OCC)CCC(=O)OCC. The number of nitrogens with one attached hydrogen (secondary N) is 3. The quantitative estimate of drug-likeness (QED) is 0.125. The van der Waals surface area contributed by atoms with Crippen LogP contribution in [0.25, 0.3) is 0 Å². The third-order valence-corrected chi connectivity index (χ3v) is 4.25. The van der Waals surface area contributed by atoms with Crippen LogP contribution in [-0.4, -0.2) is 102 Å². The lowest BCUT2D eigenvalue weighted by Gasteiger charge is -2.21. The molecular formula is C21H42N4O6. The van der Waals surface area contributed by atoms with Crippen molar-refractivity contribution >= 4 is 17.9 Å². The maximum Gasteiger partial charge on any atom is 0.307 e. The highest BCUT2D eigenvalue weighted by atomic mass is 16.5. The Labute approximate surface area is 186 Å². The molecule has 182 valence electrons. The molecule has 0 saturated carbocycles. The van der Waals surface area contributed by atoms with Crippen LogP contribution < -0.4 is 16.0 Å². The van der Waals surface area contributed by atoms with Crippen LogP contribution >= 0.6 is 0 Å². The van der Waals surface area contributed by atoms with E-state index in [1.165, 1.54) is 0 Å². The van der Waals surface area contributed by atoms with Gasteiger partial charge in [0, 0.05) is 58.9 Å². The summed E-state index contributed by atoms with van der Waals surface area (Å²) in [5, 5.41) is 9.86. The van der Waals surface area contributed by atoms with Crippen LogP contribution in [0.1, 0.15) is 40.0 Å². The molecule has 0 rings (SSSR count). The molecule has 0 aromatic carbocycles. The van der Waals surface area contributed by atoms with Gasteiger partial charge in [-0.05, 0) is 20.8 Å². The number of esters is 3. The summed E-state index contributed by atoms with van der Waals surface area (Å²) in [5.74, 6) is -0.626. The second-order valence-corrected chi connectivity index (χ2v) is 6.76. The molecule has 0 radical (unpaired) electrons. The summed E-state index contributed by atoms with van der Waals surface area (Å²) in [4.78, 5) is 36.5. The fraction of sp³-hybridized carbons (Fsp3) is 0.857. The first-order chi connectivity index (χ1) is 15.0. The molecule has 3 N–H and O–H groups in total. The molecule has 0 aromatic heterocycles. The summed E-state index contributed by atoms with van der Waals surface area (Å²) >= 11 is 0. The lowest BCUT2D eigenvalue weighted by molar-refractivity contribution is -0.144. The number of carbonyl (C=O) groups excluding carboxylic acids is 3. The second-order valence-electron chi connectivity index (χ2n) is 6.76. The van der Waals surface area contributed by atoms with Gasteiger partial charge >= 0.3 is 17.9 Å². The summed E-state index contributed by atoms with van der Waals surface area (Å²) in [6.07, 6.45) is 1.00. The highest BCUT2D eigenvalue weighted by Gasteiger charge is 2.11. The molecule has 0 aliphatic carbocycles. The Morgan fingerprint density at radius 1 is 0.548 bits per heavy atom. The lowest BCUT2D eigenvalue weighted by atomic mass is 10.3. The van der Waals surface area contributed by atoms with E-state index >= 15 is 0 Å². The number of rotatable bonds is 21. The Kier molecular flexibility index (Phi) is 20.3. The normalized spacial score (nSPS) is 10.8. The molecule has 0 unspecified atom stereocenters. The molecule has 0 amide bonds. The molecule has 0 heterocycles. The predicted octanol–water partition coefficient (Wildman–Crippen LogP) is -0.0832. The predicted molar refractivity (Wildman–Crippen MR) is 119 cm³/mol. The first-order valence-corrected chi connectivity index (χ1v) is 11.3. The van der Waals surface area contributed by atoms with Crippen molar-refractivity contribution in [3.8, 4) is 0 Å². The summed E-state index contributed by atoms with van der Waals surface area (Å²) in [6, 6.07) is 0. The number of hydrogen-bond acceptors (Lipinski definition) is 10. The van der Waals surface area contributed by atoms with Gasteiger partial charge in [0.1, 0.15) is 0 Å². The minimum absolute atomic E-state index is 0.175. The van der Waals surface area contributed by atoms with Crippen molar-refractivity contribution in [1.29, 1.82) is 0 Å². The second kappa shape index (κ2) is 21.5. The Morgan fingerprint density at radius 2 is 0.935 bits per heavy atom. The van der Waals surface area contributed by atoms with Crippen LogP contribution in [0.15, 0.2) is 0 Å². The molecular weight excluding hydrogens is 404 g/mol. The zero-order valence-electron chi connectivity index (χ0n) is 19.5. The Bertz CT molecular complexity index is 457. The lowest BCUT2D eigenvalue weighted by Crippen LogP contribution is -2.38. The molecule has 10 nitrogen and oxygen atoms in total. The van der Waals surface area contributed by atoms with Gasteiger partial charge in [0.25, 0.3) is 0 Å².